The minimum absolute atomic E-state index is 0.145. The Balaban J connectivity index is 2.02. The molecule has 0 aliphatic carbocycles. The van der Waals surface area contributed by atoms with Crippen molar-refractivity contribution in [2.45, 2.75) is 12.3 Å². The molecule has 1 aromatic rings. The maximum Gasteiger partial charge on any atom is 0.316 e. The van der Waals surface area contributed by atoms with Crippen LogP contribution >= 0.6 is 0 Å². The second-order valence-electron chi connectivity index (χ2n) is 4.75. The van der Waals surface area contributed by atoms with Crippen LogP contribution in [0.15, 0.2) is 12.1 Å². The number of hydrogen-bond donors (Lipinski definition) is 2. The van der Waals surface area contributed by atoms with Gasteiger partial charge in [-0.2, -0.15) is 0 Å². The van der Waals surface area contributed by atoms with Crippen molar-refractivity contribution < 1.29 is 23.8 Å². The molecule has 6 heteroatoms. The Bertz CT molecular complexity index is 572. The second kappa shape index (κ2) is 4.22. The summed E-state index contributed by atoms with van der Waals surface area (Å²) in [6, 6.07) is 2.90. The lowest BCUT2D eigenvalue weighted by Gasteiger charge is -2.15. The van der Waals surface area contributed by atoms with Gasteiger partial charge in [-0.3, -0.25) is 9.59 Å². The minimum atomic E-state index is -1.23. The summed E-state index contributed by atoms with van der Waals surface area (Å²) in [6.07, 6.45) is 0.675. The largest absolute Gasteiger partial charge is 0.493 e. The van der Waals surface area contributed by atoms with Gasteiger partial charge in [-0.25, -0.2) is 4.39 Å². The molecule has 0 spiro atoms. The number of carbonyl (C=O) groups is 2. The van der Waals surface area contributed by atoms with Crippen molar-refractivity contribution >= 4 is 11.9 Å². The normalized spacial score (nSPS) is 24.8. The van der Waals surface area contributed by atoms with Crippen molar-refractivity contribution in [1.29, 1.82) is 0 Å². The van der Waals surface area contributed by atoms with E-state index in [4.69, 9.17) is 9.84 Å². The van der Waals surface area contributed by atoms with Crippen LogP contribution in [0, 0.1) is 11.7 Å². The molecule has 3 rings (SSSR count). The third-order valence-electron chi connectivity index (χ3n) is 3.66. The number of ether oxygens (including phenoxy) is 1. The number of rotatable bonds is 2. The fourth-order valence-electron chi connectivity index (χ4n) is 2.70. The van der Waals surface area contributed by atoms with Crippen molar-refractivity contribution in [3.8, 4) is 5.75 Å². The highest BCUT2D eigenvalue weighted by molar-refractivity contribution is 5.99. The summed E-state index contributed by atoms with van der Waals surface area (Å²) >= 11 is 0. The lowest BCUT2D eigenvalue weighted by molar-refractivity contribution is -0.145. The molecule has 2 heterocycles. The van der Waals surface area contributed by atoms with Gasteiger partial charge >= 0.3 is 5.97 Å². The molecule has 19 heavy (non-hydrogen) atoms. The van der Waals surface area contributed by atoms with E-state index < -0.39 is 29.5 Å². The van der Waals surface area contributed by atoms with Gasteiger partial charge < -0.3 is 15.2 Å². The Morgan fingerprint density at radius 1 is 1.47 bits per heavy atom. The number of benzene rings is 1. The minimum Gasteiger partial charge on any atom is -0.493 e. The summed E-state index contributed by atoms with van der Waals surface area (Å²) < 4.78 is 19.3. The van der Waals surface area contributed by atoms with E-state index in [9.17, 15) is 14.0 Å². The highest BCUT2D eigenvalue weighted by Crippen LogP contribution is 2.36. The zero-order valence-electron chi connectivity index (χ0n) is 9.98. The third kappa shape index (κ3) is 1.83. The standard InChI is InChI=1S/C13H12FNO4/c14-9-4-10-6(1-2-19-10)3-7(9)8-5-15-12(16)11(8)13(17)18/h3-4,8,11H,1-2,5H2,(H,15,16)(H,17,18)/t8-,11-/m1/s1. The Labute approximate surface area is 108 Å². The molecule has 2 N–H and O–H groups in total. The topological polar surface area (TPSA) is 75.6 Å². The van der Waals surface area contributed by atoms with Crippen LogP contribution in [0.5, 0.6) is 5.75 Å². The number of carboxylic acid groups (broad SMARTS) is 1. The first kappa shape index (κ1) is 12.0. The summed E-state index contributed by atoms with van der Waals surface area (Å²) in [5.41, 5.74) is 1.13. The van der Waals surface area contributed by atoms with E-state index in [2.05, 4.69) is 5.32 Å². The van der Waals surface area contributed by atoms with Gasteiger partial charge in [0.05, 0.1) is 6.61 Å². The van der Waals surface area contributed by atoms with Crippen molar-refractivity contribution in [2.75, 3.05) is 13.2 Å². The molecule has 2 aliphatic heterocycles. The Morgan fingerprint density at radius 2 is 2.26 bits per heavy atom. The molecule has 0 saturated carbocycles. The van der Waals surface area contributed by atoms with Crippen LogP contribution < -0.4 is 10.1 Å². The number of amides is 1. The zero-order valence-corrected chi connectivity index (χ0v) is 9.98. The van der Waals surface area contributed by atoms with Crippen molar-refractivity contribution in [3.63, 3.8) is 0 Å². The number of carbonyl (C=O) groups excluding carboxylic acids is 1. The molecule has 1 saturated heterocycles. The molecule has 1 amide bonds. The van der Waals surface area contributed by atoms with Crippen LogP contribution in [-0.2, 0) is 16.0 Å². The van der Waals surface area contributed by atoms with Crippen LogP contribution in [0.25, 0.3) is 0 Å². The van der Waals surface area contributed by atoms with Crippen LogP contribution in [0.2, 0.25) is 0 Å². The lowest BCUT2D eigenvalue weighted by atomic mass is 9.87. The van der Waals surface area contributed by atoms with Gasteiger partial charge in [-0.15, -0.1) is 0 Å². The van der Waals surface area contributed by atoms with Crippen LogP contribution in [-0.4, -0.2) is 30.1 Å². The van der Waals surface area contributed by atoms with E-state index >= 15 is 0 Å². The number of nitrogens with one attached hydrogen (secondary N) is 1. The number of aliphatic carboxylic acids is 1. The number of halogens is 1. The predicted molar refractivity (Wildman–Crippen MR) is 62.5 cm³/mol. The first-order valence-electron chi connectivity index (χ1n) is 6.03. The van der Waals surface area contributed by atoms with Crippen molar-refractivity contribution in [2.24, 2.45) is 5.92 Å². The third-order valence-corrected chi connectivity index (χ3v) is 3.66. The quantitative estimate of drug-likeness (QED) is 0.771. The molecular weight excluding hydrogens is 253 g/mol. The molecule has 2 aliphatic rings. The predicted octanol–water partition coefficient (Wildman–Crippen LogP) is 0.675. The van der Waals surface area contributed by atoms with Crippen LogP contribution in [0.3, 0.4) is 0 Å². The Kier molecular flexibility index (Phi) is 2.66. The Morgan fingerprint density at radius 3 is 3.00 bits per heavy atom. The van der Waals surface area contributed by atoms with E-state index in [-0.39, 0.29) is 12.1 Å². The highest BCUT2D eigenvalue weighted by atomic mass is 19.1. The first-order chi connectivity index (χ1) is 9.08. The molecule has 5 nitrogen and oxygen atoms in total. The molecule has 1 aromatic carbocycles. The van der Waals surface area contributed by atoms with E-state index in [0.29, 0.717) is 18.8 Å². The molecule has 1 fully saturated rings. The van der Waals surface area contributed by atoms with Gasteiger partial charge in [0, 0.05) is 24.9 Å². The molecule has 2 atom stereocenters. The van der Waals surface area contributed by atoms with E-state index in [0.717, 1.165) is 5.56 Å². The molecule has 0 radical (unpaired) electrons. The maximum absolute atomic E-state index is 14.0. The summed E-state index contributed by atoms with van der Waals surface area (Å²) in [5, 5.41) is 11.6. The van der Waals surface area contributed by atoms with Gasteiger partial charge in [-0.05, 0) is 17.2 Å². The molecule has 0 aromatic heterocycles. The monoisotopic (exact) mass is 265 g/mol. The second-order valence-corrected chi connectivity index (χ2v) is 4.75. The van der Waals surface area contributed by atoms with Crippen molar-refractivity contribution in [1.82, 2.24) is 5.32 Å². The SMILES string of the molecule is O=C(O)[C@H]1C(=O)NC[C@@H]1c1cc2c(cc1F)OCC2. The van der Waals surface area contributed by atoms with E-state index in [1.807, 2.05) is 0 Å². The maximum atomic E-state index is 14.0. The first-order valence-corrected chi connectivity index (χ1v) is 6.03. The number of fused-ring (bicyclic) bond motifs is 1. The molecule has 0 bridgehead atoms. The average molecular weight is 265 g/mol. The summed E-state index contributed by atoms with van der Waals surface area (Å²) in [5.74, 6) is -3.70. The summed E-state index contributed by atoms with van der Waals surface area (Å²) in [6.45, 7) is 0.648. The van der Waals surface area contributed by atoms with Crippen LogP contribution in [0.1, 0.15) is 17.0 Å². The lowest BCUT2D eigenvalue weighted by Crippen LogP contribution is -2.27. The van der Waals surface area contributed by atoms with Gasteiger partial charge in [0.2, 0.25) is 5.91 Å². The molecular formula is C13H12FNO4. The average Bonchev–Trinajstić information content (AvgIpc) is 2.93. The summed E-state index contributed by atoms with van der Waals surface area (Å²) in [4.78, 5) is 22.6. The van der Waals surface area contributed by atoms with Gasteiger partial charge in [0.1, 0.15) is 17.5 Å². The van der Waals surface area contributed by atoms with E-state index in [1.165, 1.54) is 6.07 Å². The van der Waals surface area contributed by atoms with Gasteiger partial charge in [0.25, 0.3) is 0 Å². The molecule has 100 valence electrons. The Hall–Kier alpha value is -2.11. The van der Waals surface area contributed by atoms with Gasteiger partial charge in [-0.1, -0.05) is 0 Å². The van der Waals surface area contributed by atoms with Gasteiger partial charge in [0.15, 0.2) is 0 Å². The number of carboxylic acids is 1. The summed E-state index contributed by atoms with van der Waals surface area (Å²) in [7, 11) is 0. The van der Waals surface area contributed by atoms with Crippen LogP contribution in [0.4, 0.5) is 4.39 Å². The smallest absolute Gasteiger partial charge is 0.316 e. The fraction of sp³-hybridized carbons (Fsp3) is 0.385. The fourth-order valence-corrected chi connectivity index (χ4v) is 2.70. The highest BCUT2D eigenvalue weighted by Gasteiger charge is 2.42. The van der Waals surface area contributed by atoms with Crippen molar-refractivity contribution in [3.05, 3.63) is 29.1 Å². The van der Waals surface area contributed by atoms with E-state index in [1.54, 1.807) is 6.07 Å². The molecule has 0 unspecified atom stereocenters. The number of hydrogen-bond acceptors (Lipinski definition) is 3. The zero-order chi connectivity index (χ0) is 13.6.